The predicted molar refractivity (Wildman–Crippen MR) is 145 cm³/mol. The minimum atomic E-state index is -0.945. The van der Waals surface area contributed by atoms with Crippen molar-refractivity contribution in [3.8, 4) is 28.7 Å². The van der Waals surface area contributed by atoms with E-state index in [1.54, 1.807) is 74.9 Å². The van der Waals surface area contributed by atoms with Crippen LogP contribution in [-0.2, 0) is 19.1 Å². The van der Waals surface area contributed by atoms with Crippen LogP contribution in [0, 0.1) is 11.3 Å². The molecule has 1 heterocycles. The van der Waals surface area contributed by atoms with Gasteiger partial charge in [0.1, 0.15) is 23.0 Å². The molecule has 1 aliphatic rings. The van der Waals surface area contributed by atoms with Crippen molar-refractivity contribution in [1.29, 1.82) is 5.26 Å². The second kappa shape index (κ2) is 11.4. The quantitative estimate of drug-likeness (QED) is 0.450. The van der Waals surface area contributed by atoms with Crippen molar-refractivity contribution < 1.29 is 28.5 Å². The number of nitriles is 1. The summed E-state index contributed by atoms with van der Waals surface area (Å²) in [5.74, 6) is -1.38. The van der Waals surface area contributed by atoms with Crippen LogP contribution in [0.2, 0.25) is 0 Å². The number of methoxy groups -OCH3 is 4. The van der Waals surface area contributed by atoms with Gasteiger partial charge in [-0.05, 0) is 35.4 Å². The summed E-state index contributed by atoms with van der Waals surface area (Å²) >= 11 is 0. The van der Waals surface area contributed by atoms with Crippen molar-refractivity contribution in [3.05, 3.63) is 101 Å². The number of hydrogen-bond acceptors (Lipinski definition) is 9. The zero-order valence-corrected chi connectivity index (χ0v) is 21.9. The minimum Gasteiger partial charge on any atom is -0.497 e. The van der Waals surface area contributed by atoms with E-state index in [1.807, 2.05) is 12.1 Å². The molecule has 1 atom stereocenters. The number of carbonyl (C=O) groups excluding carboxylic acids is 2. The molecule has 0 aliphatic carbocycles. The summed E-state index contributed by atoms with van der Waals surface area (Å²) in [4.78, 5) is 27.9. The molecule has 9 heteroatoms. The summed E-state index contributed by atoms with van der Waals surface area (Å²) in [6, 6.07) is 23.5. The van der Waals surface area contributed by atoms with Gasteiger partial charge in [-0.25, -0.2) is 9.59 Å². The van der Waals surface area contributed by atoms with Gasteiger partial charge in [0.25, 0.3) is 0 Å². The Hall–Kier alpha value is -5.23. The lowest BCUT2D eigenvalue weighted by Crippen LogP contribution is -2.40. The van der Waals surface area contributed by atoms with Crippen molar-refractivity contribution in [3.63, 3.8) is 0 Å². The maximum atomic E-state index is 13.3. The average molecular weight is 526 g/mol. The molecule has 0 aromatic heterocycles. The van der Waals surface area contributed by atoms with Gasteiger partial charge >= 0.3 is 11.9 Å². The van der Waals surface area contributed by atoms with Gasteiger partial charge in [0.2, 0.25) is 0 Å². The number of allylic oxidation sites excluding steroid dienone is 1. The zero-order chi connectivity index (χ0) is 28.1. The summed E-state index contributed by atoms with van der Waals surface area (Å²) in [5, 5.41) is 10.2. The molecule has 1 unspecified atom stereocenters. The Labute approximate surface area is 226 Å². The molecular formula is C30H27N3O6. The van der Waals surface area contributed by atoms with Crippen LogP contribution in [0.15, 0.2) is 95.5 Å². The molecule has 0 bridgehead atoms. The molecule has 3 aromatic carbocycles. The maximum absolute atomic E-state index is 13.3. The van der Waals surface area contributed by atoms with E-state index in [1.165, 1.54) is 19.1 Å². The molecule has 0 fully saturated rings. The van der Waals surface area contributed by atoms with Crippen molar-refractivity contribution in [1.82, 2.24) is 0 Å². The van der Waals surface area contributed by atoms with E-state index in [4.69, 9.17) is 24.7 Å². The monoisotopic (exact) mass is 525 g/mol. The zero-order valence-electron chi connectivity index (χ0n) is 21.9. The van der Waals surface area contributed by atoms with Gasteiger partial charge in [-0.1, -0.05) is 42.5 Å². The number of carbonyl (C=O) groups is 2. The van der Waals surface area contributed by atoms with Crippen LogP contribution in [0.5, 0.6) is 11.5 Å². The third-order valence-corrected chi connectivity index (χ3v) is 6.43. The molecule has 0 saturated heterocycles. The van der Waals surface area contributed by atoms with E-state index in [0.29, 0.717) is 22.7 Å². The number of ether oxygens (including phenoxy) is 4. The normalized spacial score (nSPS) is 14.9. The summed E-state index contributed by atoms with van der Waals surface area (Å²) in [6.07, 6.45) is 0. The fourth-order valence-corrected chi connectivity index (χ4v) is 4.63. The predicted octanol–water partition coefficient (Wildman–Crippen LogP) is 4.27. The van der Waals surface area contributed by atoms with Gasteiger partial charge in [0, 0.05) is 17.3 Å². The molecule has 3 aromatic rings. The highest BCUT2D eigenvalue weighted by Crippen LogP contribution is 2.44. The molecule has 4 rings (SSSR count). The number of rotatable bonds is 7. The first-order valence-electron chi connectivity index (χ1n) is 11.9. The highest BCUT2D eigenvalue weighted by atomic mass is 16.5. The smallest absolute Gasteiger partial charge is 0.355 e. The Kier molecular flexibility index (Phi) is 7.87. The Morgan fingerprint density at radius 2 is 1.59 bits per heavy atom. The third-order valence-electron chi connectivity index (χ3n) is 6.43. The van der Waals surface area contributed by atoms with Gasteiger partial charge in [0.15, 0.2) is 0 Å². The SMILES string of the molecule is COC(=O)C1=C(C(=O)OC)N(c2cccc(-c3ccc(OC)cc3OC)c2)C(N)=C(C#N)C1c1ccccc1. The average Bonchev–Trinajstić information content (AvgIpc) is 2.99. The van der Waals surface area contributed by atoms with E-state index in [0.717, 1.165) is 11.1 Å². The lowest BCUT2D eigenvalue weighted by atomic mass is 9.81. The van der Waals surface area contributed by atoms with E-state index >= 15 is 0 Å². The highest BCUT2D eigenvalue weighted by molar-refractivity contribution is 6.06. The van der Waals surface area contributed by atoms with E-state index in [9.17, 15) is 14.9 Å². The van der Waals surface area contributed by atoms with Gasteiger partial charge < -0.3 is 24.7 Å². The maximum Gasteiger partial charge on any atom is 0.355 e. The number of hydrogen-bond donors (Lipinski definition) is 1. The van der Waals surface area contributed by atoms with Gasteiger partial charge in [-0.3, -0.25) is 4.90 Å². The molecule has 9 nitrogen and oxygen atoms in total. The third kappa shape index (κ3) is 4.88. The van der Waals surface area contributed by atoms with E-state index < -0.39 is 17.9 Å². The molecule has 198 valence electrons. The van der Waals surface area contributed by atoms with Gasteiger partial charge in [0.05, 0.1) is 51.6 Å². The van der Waals surface area contributed by atoms with Crippen LogP contribution in [-0.4, -0.2) is 40.4 Å². The lowest BCUT2D eigenvalue weighted by molar-refractivity contribution is -0.139. The topological polar surface area (TPSA) is 124 Å². The second-order valence-electron chi connectivity index (χ2n) is 8.45. The van der Waals surface area contributed by atoms with E-state index in [-0.39, 0.29) is 22.7 Å². The van der Waals surface area contributed by atoms with Crippen LogP contribution in [0.1, 0.15) is 11.5 Å². The summed E-state index contributed by atoms with van der Waals surface area (Å²) in [7, 11) is 5.53. The first-order chi connectivity index (χ1) is 18.9. The highest BCUT2D eigenvalue weighted by Gasteiger charge is 2.43. The van der Waals surface area contributed by atoms with Crippen LogP contribution in [0.25, 0.3) is 11.1 Å². The van der Waals surface area contributed by atoms with Crippen molar-refractivity contribution >= 4 is 17.6 Å². The Morgan fingerprint density at radius 1 is 0.872 bits per heavy atom. The summed E-state index contributed by atoms with van der Waals surface area (Å²) < 4.78 is 21.1. The molecule has 2 N–H and O–H groups in total. The number of benzene rings is 3. The number of nitrogens with two attached hydrogens (primary N) is 1. The van der Waals surface area contributed by atoms with Crippen LogP contribution < -0.4 is 20.1 Å². The van der Waals surface area contributed by atoms with Gasteiger partial charge in [-0.2, -0.15) is 5.26 Å². The largest absolute Gasteiger partial charge is 0.497 e. The lowest BCUT2D eigenvalue weighted by Gasteiger charge is -2.36. The van der Waals surface area contributed by atoms with Crippen molar-refractivity contribution in [2.45, 2.75) is 5.92 Å². The minimum absolute atomic E-state index is 0.0155. The van der Waals surface area contributed by atoms with Crippen LogP contribution >= 0.6 is 0 Å². The summed E-state index contributed by atoms with van der Waals surface area (Å²) in [6.45, 7) is 0. The molecular weight excluding hydrogens is 498 g/mol. The Bertz CT molecular complexity index is 1520. The Balaban J connectivity index is 2.00. The van der Waals surface area contributed by atoms with Gasteiger partial charge in [-0.15, -0.1) is 0 Å². The van der Waals surface area contributed by atoms with Crippen molar-refractivity contribution in [2.75, 3.05) is 33.3 Å². The number of anilines is 1. The van der Waals surface area contributed by atoms with Crippen LogP contribution in [0.3, 0.4) is 0 Å². The summed E-state index contributed by atoms with van der Waals surface area (Å²) in [5.41, 5.74) is 8.98. The Morgan fingerprint density at radius 3 is 2.21 bits per heavy atom. The first-order valence-corrected chi connectivity index (χ1v) is 11.9. The molecule has 0 saturated carbocycles. The van der Waals surface area contributed by atoms with E-state index in [2.05, 4.69) is 6.07 Å². The molecule has 39 heavy (non-hydrogen) atoms. The first kappa shape index (κ1) is 26.8. The standard InChI is InChI=1S/C30H27N3O6/c1-36-21-13-14-22(24(16-21)37-2)19-11-8-12-20(15-19)33-27(30(35)39-4)26(29(34)38-3)25(23(17-31)28(33)32)18-9-6-5-7-10-18/h5-16,25H,32H2,1-4H3. The fourth-order valence-electron chi connectivity index (χ4n) is 4.63. The molecule has 0 spiro atoms. The molecule has 0 amide bonds. The number of nitrogens with zero attached hydrogens (tertiary/aromatic N) is 2. The van der Waals surface area contributed by atoms with Crippen LogP contribution in [0.4, 0.5) is 5.69 Å². The molecule has 1 aliphatic heterocycles. The van der Waals surface area contributed by atoms with Crippen molar-refractivity contribution in [2.24, 2.45) is 5.73 Å². The fraction of sp³-hybridized carbons (Fsp3) is 0.167. The molecule has 0 radical (unpaired) electrons. The number of esters is 2. The second-order valence-corrected chi connectivity index (χ2v) is 8.45.